The highest BCUT2D eigenvalue weighted by Gasteiger charge is 2.29. The number of nitrogens with one attached hydrogen (secondary N) is 1. The zero-order valence-corrected chi connectivity index (χ0v) is 12.0. The summed E-state index contributed by atoms with van der Waals surface area (Å²) >= 11 is 0. The molecule has 0 saturated heterocycles. The van der Waals surface area contributed by atoms with E-state index in [4.69, 9.17) is 9.15 Å². The molecule has 1 saturated carbocycles. The zero-order chi connectivity index (χ0) is 13.9. The fraction of sp³-hybridized carbons (Fsp3) is 0.533. The van der Waals surface area contributed by atoms with E-state index < -0.39 is 0 Å². The summed E-state index contributed by atoms with van der Waals surface area (Å²) in [7, 11) is 1.90. The van der Waals surface area contributed by atoms with Gasteiger partial charge in [-0.2, -0.15) is 5.10 Å². The Labute approximate surface area is 118 Å². The van der Waals surface area contributed by atoms with Crippen LogP contribution in [0.5, 0.6) is 5.75 Å². The molecule has 20 heavy (non-hydrogen) atoms. The summed E-state index contributed by atoms with van der Waals surface area (Å²) in [6.45, 7) is 2.83. The topological polar surface area (TPSA) is 52.2 Å². The fourth-order valence-corrected chi connectivity index (χ4v) is 2.74. The number of hydrogen-bond acceptors (Lipinski definition) is 4. The van der Waals surface area contributed by atoms with Crippen molar-refractivity contribution in [3.8, 4) is 5.75 Å². The van der Waals surface area contributed by atoms with Crippen LogP contribution in [-0.2, 0) is 13.6 Å². The second-order valence-electron chi connectivity index (χ2n) is 5.45. The minimum atomic E-state index is 0.217. The Morgan fingerprint density at radius 3 is 3.10 bits per heavy atom. The molecule has 5 nitrogen and oxygen atoms in total. The van der Waals surface area contributed by atoms with Crippen molar-refractivity contribution in [2.45, 2.75) is 44.9 Å². The lowest BCUT2D eigenvalue weighted by Gasteiger charge is -2.21. The average molecular weight is 275 g/mol. The largest absolute Gasteiger partial charge is 0.486 e. The van der Waals surface area contributed by atoms with Crippen LogP contribution < -0.4 is 10.1 Å². The molecule has 0 bridgehead atoms. The van der Waals surface area contributed by atoms with Crippen LogP contribution in [0.1, 0.15) is 30.6 Å². The Hall–Kier alpha value is -1.75. The molecule has 5 heteroatoms. The van der Waals surface area contributed by atoms with Gasteiger partial charge in [0.15, 0.2) is 5.75 Å². The lowest BCUT2D eigenvalue weighted by Crippen LogP contribution is -2.38. The Morgan fingerprint density at radius 2 is 2.40 bits per heavy atom. The van der Waals surface area contributed by atoms with Crippen LogP contribution in [0.25, 0.3) is 0 Å². The summed E-state index contributed by atoms with van der Waals surface area (Å²) in [4.78, 5) is 0. The highest BCUT2D eigenvalue weighted by molar-refractivity contribution is 5.15. The lowest BCUT2D eigenvalue weighted by atomic mass is 10.2. The monoisotopic (exact) mass is 275 g/mol. The predicted molar refractivity (Wildman–Crippen MR) is 75.5 cm³/mol. The molecule has 0 spiro atoms. The van der Waals surface area contributed by atoms with Gasteiger partial charge in [0.25, 0.3) is 0 Å². The van der Waals surface area contributed by atoms with Crippen LogP contribution in [0, 0.1) is 6.92 Å². The molecule has 2 atom stereocenters. The van der Waals surface area contributed by atoms with Gasteiger partial charge in [-0.15, -0.1) is 0 Å². The Morgan fingerprint density at radius 1 is 1.50 bits per heavy atom. The normalized spacial score (nSPS) is 22.3. The highest BCUT2D eigenvalue weighted by Crippen LogP contribution is 2.25. The molecule has 108 valence electrons. The van der Waals surface area contributed by atoms with Crippen LogP contribution in [0.3, 0.4) is 0 Å². The number of aromatic nitrogens is 2. The number of ether oxygens (including phenoxy) is 1. The molecular formula is C15H21N3O2. The molecule has 2 aromatic heterocycles. The van der Waals surface area contributed by atoms with Crippen molar-refractivity contribution in [3.63, 3.8) is 0 Å². The van der Waals surface area contributed by atoms with E-state index in [1.807, 2.05) is 19.3 Å². The number of hydrogen-bond donors (Lipinski definition) is 1. The molecule has 2 heterocycles. The second kappa shape index (κ2) is 5.71. The third-order valence-electron chi connectivity index (χ3n) is 3.91. The number of aryl methyl sites for hydroxylation is 2. The SMILES string of the molecule is Cc1ccoc1CN[C@H]1CCC[C@H]1Oc1cnn(C)c1. The molecule has 0 aromatic carbocycles. The molecular weight excluding hydrogens is 254 g/mol. The molecule has 1 N–H and O–H groups in total. The van der Waals surface area contributed by atoms with Crippen LogP contribution in [0.2, 0.25) is 0 Å². The van der Waals surface area contributed by atoms with E-state index in [9.17, 15) is 0 Å². The second-order valence-corrected chi connectivity index (χ2v) is 5.45. The van der Waals surface area contributed by atoms with Gasteiger partial charge in [0, 0.05) is 13.1 Å². The van der Waals surface area contributed by atoms with Gasteiger partial charge in [0.2, 0.25) is 0 Å². The van der Waals surface area contributed by atoms with Crippen molar-refractivity contribution in [2.75, 3.05) is 0 Å². The van der Waals surface area contributed by atoms with Crippen LogP contribution >= 0.6 is 0 Å². The van der Waals surface area contributed by atoms with Gasteiger partial charge in [-0.3, -0.25) is 4.68 Å². The predicted octanol–water partition coefficient (Wildman–Crippen LogP) is 2.41. The smallest absolute Gasteiger partial charge is 0.157 e. The molecule has 1 fully saturated rings. The maximum atomic E-state index is 6.03. The summed E-state index contributed by atoms with van der Waals surface area (Å²) < 4.78 is 13.3. The Kier molecular flexibility index (Phi) is 3.78. The van der Waals surface area contributed by atoms with Crippen molar-refractivity contribution in [3.05, 3.63) is 36.0 Å². The molecule has 2 aromatic rings. The van der Waals surface area contributed by atoms with E-state index in [-0.39, 0.29) is 6.10 Å². The first-order valence-corrected chi connectivity index (χ1v) is 7.14. The van der Waals surface area contributed by atoms with E-state index in [1.54, 1.807) is 17.1 Å². The van der Waals surface area contributed by atoms with E-state index >= 15 is 0 Å². The van der Waals surface area contributed by atoms with Crippen LogP contribution in [0.4, 0.5) is 0 Å². The third-order valence-corrected chi connectivity index (χ3v) is 3.91. The van der Waals surface area contributed by atoms with Crippen molar-refractivity contribution in [1.82, 2.24) is 15.1 Å². The van der Waals surface area contributed by atoms with Gasteiger partial charge in [-0.1, -0.05) is 0 Å². The van der Waals surface area contributed by atoms with E-state index in [0.29, 0.717) is 6.04 Å². The molecule has 0 amide bonds. The molecule has 1 aliphatic rings. The zero-order valence-electron chi connectivity index (χ0n) is 12.0. The van der Waals surface area contributed by atoms with Crippen LogP contribution in [-0.4, -0.2) is 21.9 Å². The van der Waals surface area contributed by atoms with Crippen molar-refractivity contribution < 1.29 is 9.15 Å². The highest BCUT2D eigenvalue weighted by atomic mass is 16.5. The van der Waals surface area contributed by atoms with Gasteiger partial charge < -0.3 is 14.5 Å². The maximum Gasteiger partial charge on any atom is 0.157 e. The summed E-state index contributed by atoms with van der Waals surface area (Å²) in [5, 5.41) is 7.69. The molecule has 3 rings (SSSR count). The first-order valence-electron chi connectivity index (χ1n) is 7.14. The van der Waals surface area contributed by atoms with Gasteiger partial charge in [0.1, 0.15) is 11.9 Å². The van der Waals surface area contributed by atoms with Gasteiger partial charge >= 0.3 is 0 Å². The van der Waals surface area contributed by atoms with Crippen molar-refractivity contribution in [1.29, 1.82) is 0 Å². The number of furan rings is 1. The first-order chi connectivity index (χ1) is 9.72. The van der Waals surface area contributed by atoms with Crippen molar-refractivity contribution >= 4 is 0 Å². The number of rotatable bonds is 5. The Bertz CT molecular complexity index is 561. The van der Waals surface area contributed by atoms with Gasteiger partial charge in [-0.05, 0) is 37.8 Å². The van der Waals surface area contributed by atoms with Gasteiger partial charge in [0.05, 0.1) is 25.2 Å². The van der Waals surface area contributed by atoms with E-state index in [0.717, 1.165) is 30.9 Å². The molecule has 0 unspecified atom stereocenters. The Balaban J connectivity index is 1.57. The van der Waals surface area contributed by atoms with E-state index in [2.05, 4.69) is 17.3 Å². The standard InChI is InChI=1S/C15H21N3O2/c1-11-6-7-19-15(11)9-16-13-4-3-5-14(13)20-12-8-17-18(2)10-12/h6-8,10,13-14,16H,3-5,9H2,1-2H3/t13-,14+/m0/s1. The summed E-state index contributed by atoms with van der Waals surface area (Å²) in [6.07, 6.45) is 9.06. The summed E-state index contributed by atoms with van der Waals surface area (Å²) in [6, 6.07) is 2.37. The molecule has 1 aliphatic carbocycles. The van der Waals surface area contributed by atoms with Crippen LogP contribution in [0.15, 0.2) is 29.1 Å². The quantitative estimate of drug-likeness (QED) is 0.910. The minimum Gasteiger partial charge on any atom is -0.486 e. The lowest BCUT2D eigenvalue weighted by molar-refractivity contribution is 0.172. The fourth-order valence-electron chi connectivity index (χ4n) is 2.74. The first kappa shape index (κ1) is 13.2. The van der Waals surface area contributed by atoms with Gasteiger partial charge in [-0.25, -0.2) is 0 Å². The third kappa shape index (κ3) is 2.88. The van der Waals surface area contributed by atoms with Crippen molar-refractivity contribution in [2.24, 2.45) is 7.05 Å². The maximum absolute atomic E-state index is 6.03. The summed E-state index contributed by atoms with van der Waals surface area (Å²) in [5.41, 5.74) is 1.19. The van der Waals surface area contributed by atoms with E-state index in [1.165, 1.54) is 12.0 Å². The molecule has 0 aliphatic heterocycles. The molecule has 0 radical (unpaired) electrons. The minimum absolute atomic E-state index is 0.217. The number of nitrogens with zero attached hydrogens (tertiary/aromatic N) is 2. The summed E-state index contributed by atoms with van der Waals surface area (Å²) in [5.74, 6) is 1.86. The average Bonchev–Trinajstić information content (AvgIpc) is 3.11.